The van der Waals surface area contributed by atoms with Crippen molar-refractivity contribution in [2.24, 2.45) is 5.92 Å². The fourth-order valence-electron chi connectivity index (χ4n) is 3.17. The molecule has 0 bridgehead atoms. The van der Waals surface area contributed by atoms with E-state index in [0.717, 1.165) is 6.42 Å². The van der Waals surface area contributed by atoms with Crippen molar-refractivity contribution >= 4 is 23.6 Å². The van der Waals surface area contributed by atoms with Gasteiger partial charge in [-0.25, -0.2) is 9.59 Å². The minimum atomic E-state index is -0.713. The van der Waals surface area contributed by atoms with Crippen LogP contribution < -0.4 is 20.1 Å². The van der Waals surface area contributed by atoms with Crippen molar-refractivity contribution in [2.45, 2.75) is 53.5 Å². The second kappa shape index (κ2) is 11.1. The molecule has 0 aromatic heterocycles. The van der Waals surface area contributed by atoms with Gasteiger partial charge >= 0.3 is 12.0 Å². The Bertz CT molecular complexity index is 807. The van der Waals surface area contributed by atoms with E-state index in [2.05, 4.69) is 10.6 Å². The highest BCUT2D eigenvalue weighted by Gasteiger charge is 2.34. The maximum absolute atomic E-state index is 12.8. The topological polar surface area (TPSA) is 85.9 Å². The number of carbonyl (C=O) groups excluding carboxylic acids is 2. The van der Waals surface area contributed by atoms with Crippen molar-refractivity contribution in [3.8, 4) is 11.5 Å². The second-order valence-electron chi connectivity index (χ2n) is 7.36. The third kappa shape index (κ3) is 5.81. The number of carbonyl (C=O) groups is 2. The highest BCUT2D eigenvalue weighted by atomic mass is 35.5. The molecule has 2 amide bonds. The van der Waals surface area contributed by atoms with Crippen molar-refractivity contribution in [2.75, 3.05) is 19.8 Å². The molecule has 1 atom stereocenters. The Kier molecular flexibility index (Phi) is 8.84. The van der Waals surface area contributed by atoms with Crippen LogP contribution in [0.4, 0.5) is 4.79 Å². The van der Waals surface area contributed by atoms with Crippen LogP contribution in [0.5, 0.6) is 11.5 Å². The number of rotatable bonds is 10. The third-order valence-electron chi connectivity index (χ3n) is 4.38. The van der Waals surface area contributed by atoms with Crippen molar-refractivity contribution < 1.29 is 23.8 Å². The molecule has 166 valence electrons. The van der Waals surface area contributed by atoms with Gasteiger partial charge in [0.05, 0.1) is 36.5 Å². The summed E-state index contributed by atoms with van der Waals surface area (Å²) in [5.41, 5.74) is 1.54. The molecule has 1 heterocycles. The van der Waals surface area contributed by atoms with Crippen molar-refractivity contribution in [1.29, 1.82) is 0 Å². The average Bonchev–Trinajstić information content (AvgIpc) is 2.67. The van der Waals surface area contributed by atoms with Gasteiger partial charge in [0.15, 0.2) is 11.5 Å². The largest absolute Gasteiger partial charge is 0.490 e. The molecule has 1 aromatic rings. The highest BCUT2D eigenvalue weighted by Crippen LogP contribution is 2.41. The first-order valence-electron chi connectivity index (χ1n) is 10.4. The van der Waals surface area contributed by atoms with Gasteiger partial charge < -0.3 is 24.8 Å². The fraction of sp³-hybridized carbons (Fsp3) is 0.545. The van der Waals surface area contributed by atoms with E-state index in [1.165, 1.54) is 0 Å². The van der Waals surface area contributed by atoms with Gasteiger partial charge in [0.2, 0.25) is 0 Å². The molecule has 0 saturated heterocycles. The van der Waals surface area contributed by atoms with Crippen LogP contribution in [0.3, 0.4) is 0 Å². The summed E-state index contributed by atoms with van der Waals surface area (Å²) >= 11 is 6.53. The zero-order valence-electron chi connectivity index (χ0n) is 18.3. The van der Waals surface area contributed by atoms with E-state index in [1.807, 2.05) is 27.7 Å². The van der Waals surface area contributed by atoms with Gasteiger partial charge in [0.25, 0.3) is 0 Å². The van der Waals surface area contributed by atoms with Crippen molar-refractivity contribution in [3.05, 3.63) is 34.0 Å². The molecule has 0 fully saturated rings. The first-order valence-corrected chi connectivity index (χ1v) is 10.8. The Labute approximate surface area is 183 Å². The van der Waals surface area contributed by atoms with Crippen LogP contribution in [0.1, 0.15) is 59.1 Å². The molecule has 1 aliphatic heterocycles. The summed E-state index contributed by atoms with van der Waals surface area (Å²) in [5.74, 6) is 0.752. The zero-order chi connectivity index (χ0) is 22.3. The quantitative estimate of drug-likeness (QED) is 0.515. The predicted octanol–water partition coefficient (Wildman–Crippen LogP) is 4.74. The van der Waals surface area contributed by atoms with E-state index in [4.69, 9.17) is 25.8 Å². The number of halogens is 1. The van der Waals surface area contributed by atoms with E-state index in [9.17, 15) is 9.59 Å². The number of ether oxygens (including phenoxy) is 3. The monoisotopic (exact) mass is 438 g/mol. The van der Waals surface area contributed by atoms with Gasteiger partial charge in [0, 0.05) is 5.70 Å². The van der Waals surface area contributed by atoms with E-state index in [1.54, 1.807) is 19.1 Å². The number of hydrogen-bond acceptors (Lipinski definition) is 5. The minimum absolute atomic E-state index is 0.231. The maximum Gasteiger partial charge on any atom is 0.338 e. The Morgan fingerprint density at radius 1 is 1.17 bits per heavy atom. The van der Waals surface area contributed by atoms with Gasteiger partial charge in [-0.15, -0.1) is 0 Å². The fourth-order valence-corrected chi connectivity index (χ4v) is 3.45. The lowest BCUT2D eigenvalue weighted by Crippen LogP contribution is -2.46. The normalized spacial score (nSPS) is 16.2. The SMILES string of the molecule is CCCC1=C(C(=O)OCC)C(c2cc(Cl)c(OCC(C)C)c(OCC)c2)NC(=O)N1. The molecule has 0 aliphatic carbocycles. The van der Waals surface area contributed by atoms with Crippen LogP contribution >= 0.6 is 11.6 Å². The first kappa shape index (κ1) is 23.9. The molecule has 0 saturated carbocycles. The highest BCUT2D eigenvalue weighted by molar-refractivity contribution is 6.32. The van der Waals surface area contributed by atoms with Crippen molar-refractivity contribution in [3.63, 3.8) is 0 Å². The number of nitrogens with one attached hydrogen (secondary N) is 2. The van der Waals surface area contributed by atoms with Gasteiger partial charge in [-0.05, 0) is 43.9 Å². The molecule has 1 unspecified atom stereocenters. The maximum atomic E-state index is 12.8. The molecule has 8 heteroatoms. The molecule has 2 N–H and O–H groups in total. The molecule has 2 rings (SSSR count). The number of amides is 2. The van der Waals surface area contributed by atoms with Crippen LogP contribution in [0.15, 0.2) is 23.4 Å². The van der Waals surface area contributed by atoms with Gasteiger partial charge in [-0.2, -0.15) is 0 Å². The van der Waals surface area contributed by atoms with E-state index >= 15 is 0 Å². The van der Waals surface area contributed by atoms with Gasteiger partial charge in [0.1, 0.15) is 0 Å². The summed E-state index contributed by atoms with van der Waals surface area (Å²) in [6.45, 7) is 10.8. The first-order chi connectivity index (χ1) is 14.3. The van der Waals surface area contributed by atoms with E-state index in [-0.39, 0.29) is 12.6 Å². The number of hydrogen-bond donors (Lipinski definition) is 2. The van der Waals surface area contributed by atoms with Crippen LogP contribution in [-0.2, 0) is 9.53 Å². The summed E-state index contributed by atoms with van der Waals surface area (Å²) in [5, 5.41) is 5.91. The number of urea groups is 1. The predicted molar refractivity (Wildman–Crippen MR) is 116 cm³/mol. The molecular formula is C22H31ClN2O5. The number of esters is 1. The standard InChI is InChI=1S/C22H31ClN2O5/c1-6-9-16-18(21(26)29-8-3)19(25-22(27)24-16)14-10-15(23)20(30-12-13(4)5)17(11-14)28-7-2/h10-11,13,19H,6-9,12H2,1-5H3,(H2,24,25,27). The molecule has 0 spiro atoms. The molecule has 7 nitrogen and oxygen atoms in total. The van der Waals surface area contributed by atoms with Gasteiger partial charge in [-0.1, -0.05) is 38.8 Å². The van der Waals surface area contributed by atoms with Crippen LogP contribution in [0, 0.1) is 5.92 Å². The van der Waals surface area contributed by atoms with Crippen LogP contribution in [0.25, 0.3) is 0 Å². The Balaban J connectivity index is 2.56. The third-order valence-corrected chi connectivity index (χ3v) is 4.66. The summed E-state index contributed by atoms with van der Waals surface area (Å²) in [6, 6.07) is 2.35. The molecule has 30 heavy (non-hydrogen) atoms. The Hall–Kier alpha value is -2.41. The van der Waals surface area contributed by atoms with Crippen LogP contribution in [0.2, 0.25) is 5.02 Å². The molecular weight excluding hydrogens is 408 g/mol. The number of benzene rings is 1. The second-order valence-corrected chi connectivity index (χ2v) is 7.77. The minimum Gasteiger partial charge on any atom is -0.490 e. The molecule has 1 aliphatic rings. The smallest absolute Gasteiger partial charge is 0.338 e. The van der Waals surface area contributed by atoms with Crippen LogP contribution in [-0.4, -0.2) is 31.8 Å². The summed E-state index contributed by atoms with van der Waals surface area (Å²) < 4.78 is 16.9. The van der Waals surface area contributed by atoms with Crippen molar-refractivity contribution in [1.82, 2.24) is 10.6 Å². The number of allylic oxidation sites excluding steroid dienone is 1. The molecule has 0 radical (unpaired) electrons. The lowest BCUT2D eigenvalue weighted by atomic mass is 9.93. The zero-order valence-corrected chi connectivity index (χ0v) is 19.0. The Morgan fingerprint density at radius 3 is 2.50 bits per heavy atom. The van der Waals surface area contributed by atoms with E-state index in [0.29, 0.717) is 58.9 Å². The molecule has 1 aromatic carbocycles. The Morgan fingerprint density at radius 2 is 1.90 bits per heavy atom. The van der Waals surface area contributed by atoms with E-state index < -0.39 is 12.0 Å². The van der Waals surface area contributed by atoms with Gasteiger partial charge in [-0.3, -0.25) is 0 Å². The summed E-state index contributed by atoms with van der Waals surface area (Å²) in [7, 11) is 0. The lowest BCUT2D eigenvalue weighted by molar-refractivity contribution is -0.139. The average molecular weight is 439 g/mol. The lowest BCUT2D eigenvalue weighted by Gasteiger charge is -2.30. The summed E-state index contributed by atoms with van der Waals surface area (Å²) in [4.78, 5) is 25.1. The summed E-state index contributed by atoms with van der Waals surface area (Å²) in [6.07, 6.45) is 1.30.